The second-order valence-corrected chi connectivity index (χ2v) is 9.02. The van der Waals surface area contributed by atoms with Crippen LogP contribution in [-0.2, 0) is 23.9 Å². The molecule has 14 heteroatoms. The lowest BCUT2D eigenvalue weighted by Crippen LogP contribution is -2.30. The Morgan fingerprint density at radius 3 is 2.80 bits per heavy atom. The van der Waals surface area contributed by atoms with Gasteiger partial charge in [0.1, 0.15) is 6.54 Å². The predicted octanol–water partition coefficient (Wildman–Crippen LogP) is 3.53. The molecule has 4 rings (SSSR count). The number of anilines is 2. The van der Waals surface area contributed by atoms with Crippen LogP contribution in [0.4, 0.5) is 24.7 Å². The van der Waals surface area contributed by atoms with Crippen LogP contribution in [0.25, 0.3) is 16.9 Å². The smallest absolute Gasteiger partial charge is 0.378 e. The Morgan fingerprint density at radius 2 is 2.10 bits per heavy atom. The standard InChI is InChI=1S/C26H28F3N9O2/c1-3-17-12-18(4-5-19(17)25(39)33-8-11-40-15-16(2)31)35-23-24-34-13-21(38(24)10-7-32-23)20-14-37(9-6-30)36-22(20)26(27,28)29/h4-5,7,10,12-14,16H,3,8-9,11,15,31H2,1-2H3,(H,32,35)(H,33,39)/t16-/m0/s1. The Morgan fingerprint density at radius 1 is 1.30 bits per heavy atom. The molecule has 0 fully saturated rings. The molecule has 1 amide bonds. The largest absolute Gasteiger partial charge is 0.435 e. The minimum Gasteiger partial charge on any atom is -0.378 e. The van der Waals surface area contributed by atoms with E-state index >= 15 is 0 Å². The van der Waals surface area contributed by atoms with Crippen molar-refractivity contribution in [3.8, 4) is 17.3 Å². The number of hydrogen-bond donors (Lipinski definition) is 3. The van der Waals surface area contributed by atoms with E-state index in [1.807, 2.05) is 19.9 Å². The summed E-state index contributed by atoms with van der Waals surface area (Å²) >= 11 is 0. The van der Waals surface area contributed by atoms with Gasteiger partial charge in [-0.05, 0) is 37.1 Å². The number of benzene rings is 1. The summed E-state index contributed by atoms with van der Waals surface area (Å²) in [5, 5.41) is 18.4. The summed E-state index contributed by atoms with van der Waals surface area (Å²) in [7, 11) is 0. The van der Waals surface area contributed by atoms with E-state index in [0.717, 1.165) is 10.2 Å². The van der Waals surface area contributed by atoms with Gasteiger partial charge in [-0.1, -0.05) is 6.92 Å². The van der Waals surface area contributed by atoms with Gasteiger partial charge < -0.3 is 21.1 Å². The van der Waals surface area contributed by atoms with Gasteiger partial charge in [0, 0.05) is 42.4 Å². The first kappa shape index (κ1) is 28.5. The molecule has 0 bridgehead atoms. The molecule has 0 aliphatic heterocycles. The van der Waals surface area contributed by atoms with Gasteiger partial charge in [0.2, 0.25) is 0 Å². The number of aryl methyl sites for hydroxylation is 1. The average Bonchev–Trinajstić information content (AvgIpc) is 3.53. The van der Waals surface area contributed by atoms with E-state index in [0.29, 0.717) is 43.2 Å². The van der Waals surface area contributed by atoms with Crippen molar-refractivity contribution in [3.05, 3.63) is 59.8 Å². The van der Waals surface area contributed by atoms with E-state index in [1.54, 1.807) is 18.2 Å². The lowest BCUT2D eigenvalue weighted by atomic mass is 10.0. The zero-order valence-electron chi connectivity index (χ0n) is 21.9. The summed E-state index contributed by atoms with van der Waals surface area (Å²) in [6.07, 6.45) is 1.25. The van der Waals surface area contributed by atoms with Gasteiger partial charge in [0.25, 0.3) is 5.91 Å². The highest BCUT2D eigenvalue weighted by atomic mass is 19.4. The van der Waals surface area contributed by atoms with Crippen molar-refractivity contribution in [3.63, 3.8) is 0 Å². The molecule has 0 spiro atoms. The fourth-order valence-electron chi connectivity index (χ4n) is 4.10. The molecule has 0 aliphatic carbocycles. The van der Waals surface area contributed by atoms with Gasteiger partial charge in [0.15, 0.2) is 17.2 Å². The van der Waals surface area contributed by atoms with Crippen LogP contribution in [0.3, 0.4) is 0 Å². The molecule has 11 nitrogen and oxygen atoms in total. The number of halogens is 3. The molecule has 4 aromatic rings. The molecule has 0 aliphatic rings. The molecule has 0 saturated carbocycles. The molecule has 4 N–H and O–H groups in total. The molecule has 210 valence electrons. The van der Waals surface area contributed by atoms with Crippen LogP contribution >= 0.6 is 0 Å². The molecule has 1 atom stereocenters. The van der Waals surface area contributed by atoms with Crippen molar-refractivity contribution >= 4 is 23.1 Å². The zero-order valence-corrected chi connectivity index (χ0v) is 21.9. The maximum atomic E-state index is 13.7. The Labute approximate surface area is 227 Å². The van der Waals surface area contributed by atoms with Crippen LogP contribution in [0.2, 0.25) is 0 Å². The minimum absolute atomic E-state index is 0.0814. The van der Waals surface area contributed by atoms with E-state index in [2.05, 4.69) is 25.7 Å². The van der Waals surface area contributed by atoms with E-state index in [9.17, 15) is 18.0 Å². The molecular formula is C26H28F3N9O2. The molecule has 3 heterocycles. The number of imidazole rings is 1. The van der Waals surface area contributed by atoms with Crippen molar-refractivity contribution in [1.29, 1.82) is 5.26 Å². The molecule has 3 aromatic heterocycles. The highest BCUT2D eigenvalue weighted by Crippen LogP contribution is 2.37. The van der Waals surface area contributed by atoms with E-state index in [-0.39, 0.29) is 35.4 Å². The normalized spacial score (nSPS) is 12.3. The third kappa shape index (κ3) is 6.38. The Bertz CT molecular complexity index is 1540. The van der Waals surface area contributed by atoms with Crippen molar-refractivity contribution in [2.75, 3.05) is 25.1 Å². The van der Waals surface area contributed by atoms with Crippen molar-refractivity contribution < 1.29 is 22.7 Å². The number of aromatic nitrogens is 5. The molecule has 1 aromatic carbocycles. The van der Waals surface area contributed by atoms with E-state index < -0.39 is 11.9 Å². The fourth-order valence-corrected chi connectivity index (χ4v) is 4.10. The number of nitrogens with zero attached hydrogens (tertiary/aromatic N) is 6. The Balaban J connectivity index is 1.57. The number of rotatable bonds is 11. The van der Waals surface area contributed by atoms with Crippen LogP contribution in [-0.4, -0.2) is 55.9 Å². The zero-order chi connectivity index (χ0) is 28.9. The third-order valence-corrected chi connectivity index (χ3v) is 5.87. The SMILES string of the molecule is CCc1cc(Nc2nccn3c(-c4cn(CC#N)nc4C(F)(F)F)cnc23)ccc1C(=O)NCCOC[C@H](C)N. The van der Waals surface area contributed by atoms with E-state index in [4.69, 9.17) is 15.7 Å². The molecular weight excluding hydrogens is 527 g/mol. The maximum absolute atomic E-state index is 13.7. The molecule has 0 unspecified atom stereocenters. The number of nitrogens with two attached hydrogens (primary N) is 1. The lowest BCUT2D eigenvalue weighted by molar-refractivity contribution is -0.141. The number of carbonyl (C=O) groups excluding carboxylic acids is 1. The third-order valence-electron chi connectivity index (χ3n) is 5.87. The van der Waals surface area contributed by atoms with Gasteiger partial charge in [-0.25, -0.2) is 9.97 Å². The fraction of sp³-hybridized carbons (Fsp3) is 0.346. The first-order valence-corrected chi connectivity index (χ1v) is 12.5. The van der Waals surface area contributed by atoms with Gasteiger partial charge >= 0.3 is 6.18 Å². The van der Waals surface area contributed by atoms with Crippen LogP contribution in [0.1, 0.15) is 35.5 Å². The average molecular weight is 556 g/mol. The topological polar surface area (TPSA) is 148 Å². The second kappa shape index (κ2) is 12.1. The number of nitrogens with one attached hydrogen (secondary N) is 2. The van der Waals surface area contributed by atoms with Crippen molar-refractivity contribution in [2.45, 2.75) is 39.0 Å². The van der Waals surface area contributed by atoms with Crippen molar-refractivity contribution in [1.82, 2.24) is 29.5 Å². The number of fused-ring (bicyclic) bond motifs is 1. The summed E-state index contributed by atoms with van der Waals surface area (Å²) in [6, 6.07) is 6.92. The maximum Gasteiger partial charge on any atom is 0.435 e. The highest BCUT2D eigenvalue weighted by molar-refractivity contribution is 5.96. The summed E-state index contributed by atoms with van der Waals surface area (Å²) in [6.45, 7) is 4.52. The molecule has 0 radical (unpaired) electrons. The van der Waals surface area contributed by atoms with Gasteiger partial charge in [-0.3, -0.25) is 13.9 Å². The lowest BCUT2D eigenvalue weighted by Gasteiger charge is -2.13. The number of carbonyl (C=O) groups is 1. The minimum atomic E-state index is -4.73. The first-order chi connectivity index (χ1) is 19.1. The summed E-state index contributed by atoms with van der Waals surface area (Å²) in [4.78, 5) is 21.3. The summed E-state index contributed by atoms with van der Waals surface area (Å²) < 4.78 is 48.9. The van der Waals surface area contributed by atoms with Crippen LogP contribution in [0, 0.1) is 11.3 Å². The second-order valence-electron chi connectivity index (χ2n) is 9.02. The molecule has 0 saturated heterocycles. The summed E-state index contributed by atoms with van der Waals surface area (Å²) in [5.74, 6) is 0.0700. The highest BCUT2D eigenvalue weighted by Gasteiger charge is 2.38. The monoisotopic (exact) mass is 555 g/mol. The number of ether oxygens (including phenoxy) is 1. The number of alkyl halides is 3. The predicted molar refractivity (Wildman–Crippen MR) is 141 cm³/mol. The Kier molecular flexibility index (Phi) is 8.66. The number of amides is 1. The van der Waals surface area contributed by atoms with Crippen LogP contribution in [0.5, 0.6) is 0 Å². The van der Waals surface area contributed by atoms with Gasteiger partial charge in [-0.15, -0.1) is 0 Å². The van der Waals surface area contributed by atoms with Gasteiger partial charge in [-0.2, -0.15) is 23.5 Å². The van der Waals surface area contributed by atoms with Crippen molar-refractivity contribution in [2.24, 2.45) is 5.73 Å². The Hall–Kier alpha value is -4.48. The quantitative estimate of drug-likeness (QED) is 0.238. The van der Waals surface area contributed by atoms with Crippen LogP contribution in [0.15, 0.2) is 43.0 Å². The molecule has 40 heavy (non-hydrogen) atoms. The first-order valence-electron chi connectivity index (χ1n) is 12.5. The van der Waals surface area contributed by atoms with E-state index in [1.165, 1.54) is 29.2 Å². The van der Waals surface area contributed by atoms with Crippen LogP contribution < -0.4 is 16.4 Å². The van der Waals surface area contributed by atoms with Gasteiger partial charge in [0.05, 0.1) is 36.7 Å². The summed E-state index contributed by atoms with van der Waals surface area (Å²) in [5.41, 5.74) is 6.67. The number of hydrogen-bond acceptors (Lipinski definition) is 8. The number of nitriles is 1.